The highest BCUT2D eigenvalue weighted by Gasteiger charge is 2.25. The first kappa shape index (κ1) is 15.8. The number of hydrogen-bond donors (Lipinski definition) is 2. The van der Waals surface area contributed by atoms with Gasteiger partial charge in [0.2, 0.25) is 0 Å². The third-order valence-electron chi connectivity index (χ3n) is 2.36. The van der Waals surface area contributed by atoms with E-state index in [0.29, 0.717) is 23.1 Å². The maximum atomic E-state index is 11.9. The molecule has 0 aliphatic rings. The lowest BCUT2D eigenvalue weighted by atomic mass is 10.2. The summed E-state index contributed by atoms with van der Waals surface area (Å²) in [4.78, 5) is 10.8. The zero-order chi connectivity index (χ0) is 14.5. The Balaban J connectivity index is 2.43. The van der Waals surface area contributed by atoms with Crippen LogP contribution in [0, 0.1) is 0 Å². The fraction of sp³-hybridized carbons (Fsp3) is 0.417. The first-order valence-corrected chi connectivity index (χ1v) is 6.42. The summed E-state index contributed by atoms with van der Waals surface area (Å²) in [7, 11) is 0. The smallest absolute Gasteiger partial charge is 0.389 e. The Hall–Kier alpha value is -1.24. The number of hydrogen-bond acceptors (Lipinski definition) is 2. The highest BCUT2D eigenvalue weighted by Crippen LogP contribution is 2.23. The van der Waals surface area contributed by atoms with Gasteiger partial charge >= 0.3 is 12.1 Å². The molecule has 0 unspecified atom stereocenters. The van der Waals surface area contributed by atoms with E-state index < -0.39 is 18.6 Å². The van der Waals surface area contributed by atoms with Gasteiger partial charge in [0, 0.05) is 23.1 Å². The van der Waals surface area contributed by atoms with Gasteiger partial charge in [0.25, 0.3) is 0 Å². The van der Waals surface area contributed by atoms with Crippen molar-refractivity contribution < 1.29 is 23.1 Å². The number of rotatable bonds is 6. The van der Waals surface area contributed by atoms with Crippen LogP contribution in [-0.2, 0) is 0 Å². The predicted molar refractivity (Wildman–Crippen MR) is 69.5 cm³/mol. The first-order chi connectivity index (χ1) is 8.78. The summed E-state index contributed by atoms with van der Waals surface area (Å²) >= 11 is 3.18. The van der Waals surface area contributed by atoms with Gasteiger partial charge < -0.3 is 10.4 Å². The van der Waals surface area contributed by atoms with E-state index in [-0.39, 0.29) is 12.0 Å². The summed E-state index contributed by atoms with van der Waals surface area (Å²) in [6, 6.07) is 4.57. The van der Waals surface area contributed by atoms with Crippen molar-refractivity contribution in [1.82, 2.24) is 0 Å². The van der Waals surface area contributed by atoms with Gasteiger partial charge in [0.05, 0.1) is 5.56 Å². The van der Waals surface area contributed by atoms with Gasteiger partial charge in [0.1, 0.15) is 0 Å². The summed E-state index contributed by atoms with van der Waals surface area (Å²) < 4.78 is 36.3. The van der Waals surface area contributed by atoms with Crippen LogP contribution in [0.4, 0.5) is 18.9 Å². The molecule has 7 heteroatoms. The van der Waals surface area contributed by atoms with E-state index in [2.05, 4.69) is 21.2 Å². The van der Waals surface area contributed by atoms with Gasteiger partial charge in [-0.2, -0.15) is 13.2 Å². The third-order valence-corrected chi connectivity index (χ3v) is 2.82. The Bertz CT molecular complexity index is 449. The number of carboxylic acids is 1. The zero-order valence-corrected chi connectivity index (χ0v) is 11.5. The molecule has 0 atom stereocenters. The minimum atomic E-state index is -4.12. The maximum Gasteiger partial charge on any atom is 0.389 e. The van der Waals surface area contributed by atoms with Crippen molar-refractivity contribution in [2.24, 2.45) is 0 Å². The molecule has 0 heterocycles. The topological polar surface area (TPSA) is 49.3 Å². The number of unbranched alkanes of at least 4 members (excludes halogenated alkanes) is 1. The van der Waals surface area contributed by atoms with Crippen molar-refractivity contribution in [2.45, 2.75) is 25.4 Å². The maximum absolute atomic E-state index is 11.9. The van der Waals surface area contributed by atoms with E-state index in [1.807, 2.05) is 0 Å². The highest BCUT2D eigenvalue weighted by molar-refractivity contribution is 9.10. The van der Waals surface area contributed by atoms with Crippen LogP contribution >= 0.6 is 15.9 Å². The average molecular weight is 340 g/mol. The molecular formula is C12H13BrF3NO2. The van der Waals surface area contributed by atoms with Crippen LogP contribution in [0.25, 0.3) is 0 Å². The number of carboxylic acid groups (broad SMARTS) is 1. The zero-order valence-electron chi connectivity index (χ0n) is 9.93. The van der Waals surface area contributed by atoms with Crippen LogP contribution in [0.5, 0.6) is 0 Å². The molecule has 1 rings (SSSR count). The molecule has 0 bridgehead atoms. The molecular weight excluding hydrogens is 327 g/mol. The van der Waals surface area contributed by atoms with E-state index in [9.17, 15) is 18.0 Å². The van der Waals surface area contributed by atoms with Gasteiger partial charge in [0.15, 0.2) is 0 Å². The van der Waals surface area contributed by atoms with Crippen LogP contribution in [0.3, 0.4) is 0 Å². The lowest BCUT2D eigenvalue weighted by molar-refractivity contribution is -0.135. The minimum absolute atomic E-state index is 0.0519. The first-order valence-electron chi connectivity index (χ1n) is 5.62. The Morgan fingerprint density at radius 1 is 1.26 bits per heavy atom. The quantitative estimate of drug-likeness (QED) is 0.760. The molecule has 1 aromatic carbocycles. The molecule has 106 valence electrons. The van der Waals surface area contributed by atoms with Crippen LogP contribution in [0.2, 0.25) is 0 Å². The summed E-state index contributed by atoms with van der Waals surface area (Å²) in [5.41, 5.74) is 0.686. The van der Waals surface area contributed by atoms with Crippen molar-refractivity contribution in [3.8, 4) is 0 Å². The molecule has 0 aliphatic heterocycles. The summed E-state index contributed by atoms with van der Waals surface area (Å²) in [5, 5.41) is 11.8. The van der Waals surface area contributed by atoms with E-state index in [4.69, 9.17) is 5.11 Å². The molecule has 0 aliphatic carbocycles. The number of aromatic carboxylic acids is 1. The van der Waals surface area contributed by atoms with Crippen molar-refractivity contribution in [2.75, 3.05) is 11.9 Å². The van der Waals surface area contributed by atoms with Gasteiger partial charge in [-0.3, -0.25) is 0 Å². The number of nitrogens with one attached hydrogen (secondary N) is 1. The molecule has 0 aromatic heterocycles. The molecule has 19 heavy (non-hydrogen) atoms. The Morgan fingerprint density at radius 2 is 1.95 bits per heavy atom. The van der Waals surface area contributed by atoms with Crippen molar-refractivity contribution in [3.63, 3.8) is 0 Å². The standard InChI is InChI=1S/C12H13BrF3NO2/c13-9-5-8(11(18)19)6-10(7-9)17-4-2-1-3-12(14,15)16/h5-7,17H,1-4H2,(H,18,19). The summed E-state index contributed by atoms with van der Waals surface area (Å²) in [5.74, 6) is -1.05. The van der Waals surface area contributed by atoms with E-state index in [1.165, 1.54) is 12.1 Å². The molecule has 0 fully saturated rings. The second-order valence-corrected chi connectivity index (χ2v) is 4.95. The SMILES string of the molecule is O=C(O)c1cc(Br)cc(NCCCCC(F)(F)F)c1. The molecule has 0 spiro atoms. The summed E-state index contributed by atoms with van der Waals surface area (Å²) in [6.07, 6.45) is -4.50. The fourth-order valence-corrected chi connectivity index (χ4v) is 1.99. The second-order valence-electron chi connectivity index (χ2n) is 4.03. The van der Waals surface area contributed by atoms with E-state index >= 15 is 0 Å². The van der Waals surface area contributed by atoms with Gasteiger partial charge in [-0.25, -0.2) is 4.79 Å². The van der Waals surface area contributed by atoms with Gasteiger partial charge in [-0.15, -0.1) is 0 Å². The Labute approximate surface area is 116 Å². The van der Waals surface area contributed by atoms with Gasteiger partial charge in [-0.1, -0.05) is 15.9 Å². The third kappa shape index (κ3) is 6.47. The molecule has 0 saturated heterocycles. The number of benzene rings is 1. The van der Waals surface area contributed by atoms with E-state index in [1.54, 1.807) is 6.07 Å². The lowest BCUT2D eigenvalue weighted by Gasteiger charge is -2.09. The summed E-state index contributed by atoms with van der Waals surface area (Å²) in [6.45, 7) is 0.367. The molecule has 0 amide bonds. The number of anilines is 1. The monoisotopic (exact) mass is 339 g/mol. The fourth-order valence-electron chi connectivity index (χ4n) is 1.50. The molecule has 3 nitrogen and oxygen atoms in total. The highest BCUT2D eigenvalue weighted by atomic mass is 79.9. The van der Waals surface area contributed by atoms with E-state index in [0.717, 1.165) is 0 Å². The van der Waals surface area contributed by atoms with Crippen molar-refractivity contribution in [1.29, 1.82) is 0 Å². The predicted octanol–water partition coefficient (Wildman–Crippen LogP) is 4.29. The molecule has 2 N–H and O–H groups in total. The van der Waals surface area contributed by atoms with Crippen LogP contribution in [0.1, 0.15) is 29.6 Å². The Kier molecular flexibility index (Phi) is 5.65. The van der Waals surface area contributed by atoms with Crippen molar-refractivity contribution >= 4 is 27.6 Å². The van der Waals surface area contributed by atoms with Crippen LogP contribution < -0.4 is 5.32 Å². The molecule has 0 saturated carbocycles. The van der Waals surface area contributed by atoms with Crippen molar-refractivity contribution in [3.05, 3.63) is 28.2 Å². The lowest BCUT2D eigenvalue weighted by Crippen LogP contribution is -2.09. The van der Waals surface area contributed by atoms with Crippen LogP contribution in [0.15, 0.2) is 22.7 Å². The minimum Gasteiger partial charge on any atom is -0.478 e. The number of halogens is 4. The van der Waals surface area contributed by atoms with Crippen LogP contribution in [-0.4, -0.2) is 23.8 Å². The normalized spacial score (nSPS) is 11.4. The largest absolute Gasteiger partial charge is 0.478 e. The van der Waals surface area contributed by atoms with Gasteiger partial charge in [-0.05, 0) is 31.0 Å². The molecule has 1 aromatic rings. The Morgan fingerprint density at radius 3 is 2.53 bits per heavy atom. The second kappa shape index (κ2) is 6.79. The molecule has 0 radical (unpaired) electrons. The number of alkyl halides is 3. The average Bonchev–Trinajstić information content (AvgIpc) is 2.26. The number of carbonyl (C=O) groups is 1.